The minimum Gasteiger partial charge on any atom is -0.218 e. The summed E-state index contributed by atoms with van der Waals surface area (Å²) in [4.78, 5) is 0. The Balaban J connectivity index is 2.99. The Hall–Kier alpha value is -0.580. The maximum Gasteiger partial charge on any atom is 0.215 e. The smallest absolute Gasteiger partial charge is 0.215 e. The zero-order valence-electron chi connectivity index (χ0n) is 8.04. The van der Waals surface area contributed by atoms with Crippen molar-refractivity contribution in [3.8, 4) is 0 Å². The first-order valence-corrected chi connectivity index (χ1v) is 6.14. The molecular weight excluding hydrogens is 222 g/mol. The summed E-state index contributed by atoms with van der Waals surface area (Å²) >= 11 is 5.90. The fourth-order valence-electron chi connectivity index (χ4n) is 1.05. The monoisotopic (exact) mass is 233 g/mol. The summed E-state index contributed by atoms with van der Waals surface area (Å²) < 4.78 is 24.7. The first-order chi connectivity index (χ1) is 6.44. The fraction of sp³-hybridized carbons (Fsp3) is 0.333. The van der Waals surface area contributed by atoms with Gasteiger partial charge in [-0.15, -0.1) is 0 Å². The molecule has 78 valence electrons. The van der Waals surface area contributed by atoms with E-state index in [2.05, 4.69) is 4.72 Å². The maximum absolute atomic E-state index is 11.2. The van der Waals surface area contributed by atoms with Gasteiger partial charge in [0.15, 0.2) is 0 Å². The first kappa shape index (κ1) is 11.5. The minimum atomic E-state index is -3.24. The van der Waals surface area contributed by atoms with Crippen molar-refractivity contribution in [1.82, 2.24) is 4.72 Å². The van der Waals surface area contributed by atoms with Crippen molar-refractivity contribution in [2.24, 2.45) is 0 Å². The summed E-state index contributed by atoms with van der Waals surface area (Å²) in [6.45, 7) is 1.90. The van der Waals surface area contributed by atoms with Gasteiger partial charge in [-0.05, 0) is 31.2 Å². The molecule has 14 heavy (non-hydrogen) atoms. The molecule has 0 unspecified atom stereocenters. The van der Waals surface area contributed by atoms with Crippen LogP contribution >= 0.6 is 11.6 Å². The number of benzene rings is 1. The Morgan fingerprint density at radius 1 is 1.43 bits per heavy atom. The van der Waals surface area contributed by atoms with Gasteiger partial charge in [-0.1, -0.05) is 23.7 Å². The molecule has 0 spiro atoms. The van der Waals surface area contributed by atoms with Crippen LogP contribution in [-0.2, 0) is 15.8 Å². The lowest BCUT2D eigenvalue weighted by Crippen LogP contribution is -2.20. The van der Waals surface area contributed by atoms with Crippen LogP contribution in [0.15, 0.2) is 18.2 Å². The molecule has 3 nitrogen and oxygen atoms in total. The third kappa shape index (κ3) is 2.97. The van der Waals surface area contributed by atoms with E-state index in [4.69, 9.17) is 11.6 Å². The quantitative estimate of drug-likeness (QED) is 0.864. The average Bonchev–Trinajstić information content (AvgIpc) is 2.10. The molecule has 0 aliphatic carbocycles. The molecule has 0 saturated heterocycles. The normalized spacial score (nSPS) is 11.6. The van der Waals surface area contributed by atoms with Gasteiger partial charge in [0, 0.05) is 5.02 Å². The largest absolute Gasteiger partial charge is 0.218 e. The van der Waals surface area contributed by atoms with Gasteiger partial charge in [0.2, 0.25) is 10.0 Å². The van der Waals surface area contributed by atoms with E-state index in [0.717, 1.165) is 5.56 Å². The van der Waals surface area contributed by atoms with Crippen molar-refractivity contribution in [2.45, 2.75) is 12.7 Å². The van der Waals surface area contributed by atoms with Crippen LogP contribution in [0.4, 0.5) is 0 Å². The van der Waals surface area contributed by atoms with Crippen LogP contribution in [0.5, 0.6) is 0 Å². The molecule has 0 aliphatic rings. The molecule has 0 fully saturated rings. The molecule has 0 aromatic heterocycles. The number of halogens is 1. The summed E-state index contributed by atoms with van der Waals surface area (Å²) in [7, 11) is -1.86. The van der Waals surface area contributed by atoms with E-state index < -0.39 is 10.0 Å². The van der Waals surface area contributed by atoms with Crippen molar-refractivity contribution in [2.75, 3.05) is 7.05 Å². The number of sulfonamides is 1. The third-order valence-electron chi connectivity index (χ3n) is 1.87. The molecule has 0 heterocycles. The summed E-state index contributed by atoms with van der Waals surface area (Å²) in [5.74, 6) is -0.0807. The third-order valence-corrected chi connectivity index (χ3v) is 3.53. The second-order valence-corrected chi connectivity index (χ2v) is 5.39. The number of nitrogens with one attached hydrogen (secondary N) is 1. The molecule has 0 atom stereocenters. The molecule has 1 aromatic carbocycles. The van der Waals surface area contributed by atoms with Crippen LogP contribution in [0.3, 0.4) is 0 Å². The van der Waals surface area contributed by atoms with Crippen LogP contribution in [-0.4, -0.2) is 15.5 Å². The Labute approximate surface area is 89.1 Å². The van der Waals surface area contributed by atoms with Crippen LogP contribution in [0, 0.1) is 6.92 Å². The van der Waals surface area contributed by atoms with E-state index in [1.54, 1.807) is 12.1 Å². The fourth-order valence-corrected chi connectivity index (χ4v) is 2.23. The van der Waals surface area contributed by atoms with Gasteiger partial charge in [-0.25, -0.2) is 13.1 Å². The zero-order valence-corrected chi connectivity index (χ0v) is 9.61. The van der Waals surface area contributed by atoms with Gasteiger partial charge in [0.05, 0.1) is 5.75 Å². The van der Waals surface area contributed by atoms with Crippen LogP contribution in [0.1, 0.15) is 11.1 Å². The number of hydrogen-bond donors (Lipinski definition) is 1. The number of aryl methyl sites for hydroxylation is 1. The average molecular weight is 234 g/mol. The Morgan fingerprint density at radius 3 is 2.57 bits per heavy atom. The van der Waals surface area contributed by atoms with Gasteiger partial charge < -0.3 is 0 Å². The van der Waals surface area contributed by atoms with Gasteiger partial charge in [-0.2, -0.15) is 0 Å². The second kappa shape index (κ2) is 4.29. The predicted molar refractivity (Wildman–Crippen MR) is 57.9 cm³/mol. The molecule has 0 bridgehead atoms. The van der Waals surface area contributed by atoms with E-state index in [9.17, 15) is 8.42 Å². The van der Waals surface area contributed by atoms with E-state index in [-0.39, 0.29) is 5.75 Å². The second-order valence-electron chi connectivity index (χ2n) is 3.06. The number of hydrogen-bond acceptors (Lipinski definition) is 2. The molecular formula is C9H12ClNO2S. The van der Waals surface area contributed by atoms with E-state index in [1.807, 2.05) is 13.0 Å². The molecule has 0 radical (unpaired) electrons. The molecule has 1 aromatic rings. The van der Waals surface area contributed by atoms with E-state index in [0.29, 0.717) is 10.6 Å². The highest BCUT2D eigenvalue weighted by Crippen LogP contribution is 2.19. The maximum atomic E-state index is 11.2. The summed E-state index contributed by atoms with van der Waals surface area (Å²) in [5.41, 5.74) is 1.63. The zero-order chi connectivity index (χ0) is 10.8. The predicted octanol–water partition coefficient (Wildman–Crippen LogP) is 1.70. The van der Waals surface area contributed by atoms with Gasteiger partial charge in [-0.3, -0.25) is 0 Å². The van der Waals surface area contributed by atoms with Crippen molar-refractivity contribution in [3.05, 3.63) is 34.3 Å². The van der Waals surface area contributed by atoms with Crippen LogP contribution < -0.4 is 4.72 Å². The van der Waals surface area contributed by atoms with E-state index in [1.165, 1.54) is 7.05 Å². The standard InChI is InChI=1S/C9H12ClNO2S/c1-7-3-4-8(9(10)5-7)6-14(12,13)11-2/h3-5,11H,6H2,1-2H3. The molecule has 5 heteroatoms. The van der Waals surface area contributed by atoms with Crippen molar-refractivity contribution >= 4 is 21.6 Å². The Morgan fingerprint density at radius 2 is 2.07 bits per heavy atom. The van der Waals surface area contributed by atoms with Crippen molar-refractivity contribution in [3.63, 3.8) is 0 Å². The lowest BCUT2D eigenvalue weighted by Gasteiger charge is -2.05. The highest BCUT2D eigenvalue weighted by atomic mass is 35.5. The topological polar surface area (TPSA) is 46.2 Å². The summed E-state index contributed by atoms with van der Waals surface area (Å²) in [6, 6.07) is 5.32. The SMILES string of the molecule is CNS(=O)(=O)Cc1ccc(C)cc1Cl. The minimum absolute atomic E-state index is 0.0807. The van der Waals surface area contributed by atoms with Crippen LogP contribution in [0.25, 0.3) is 0 Å². The lowest BCUT2D eigenvalue weighted by molar-refractivity contribution is 0.587. The molecule has 1 N–H and O–H groups in total. The Kier molecular flexibility index (Phi) is 3.53. The van der Waals surface area contributed by atoms with Crippen molar-refractivity contribution in [1.29, 1.82) is 0 Å². The molecule has 0 aliphatic heterocycles. The molecule has 1 rings (SSSR count). The first-order valence-electron chi connectivity index (χ1n) is 4.11. The summed E-state index contributed by atoms with van der Waals surface area (Å²) in [5, 5.41) is 0.490. The Bertz CT molecular complexity index is 428. The highest BCUT2D eigenvalue weighted by Gasteiger charge is 2.10. The van der Waals surface area contributed by atoms with Crippen molar-refractivity contribution < 1.29 is 8.42 Å². The van der Waals surface area contributed by atoms with Gasteiger partial charge in [0.25, 0.3) is 0 Å². The lowest BCUT2D eigenvalue weighted by atomic mass is 10.2. The molecule has 0 amide bonds. The van der Waals surface area contributed by atoms with Crippen LogP contribution in [0.2, 0.25) is 5.02 Å². The summed E-state index contributed by atoms with van der Waals surface area (Å²) in [6.07, 6.45) is 0. The molecule has 0 saturated carbocycles. The van der Waals surface area contributed by atoms with Gasteiger partial charge in [0.1, 0.15) is 0 Å². The van der Waals surface area contributed by atoms with E-state index >= 15 is 0 Å². The van der Waals surface area contributed by atoms with Gasteiger partial charge >= 0.3 is 0 Å². The highest BCUT2D eigenvalue weighted by molar-refractivity contribution is 7.88. The number of rotatable bonds is 3.